The lowest BCUT2D eigenvalue weighted by molar-refractivity contribution is -0.686. The molecule has 0 fully saturated rings. The van der Waals surface area contributed by atoms with Crippen molar-refractivity contribution in [1.82, 2.24) is 9.13 Å². The Bertz CT molecular complexity index is 2830. The zero-order valence-electron chi connectivity index (χ0n) is 34.5. The molecule has 2 unspecified atom stereocenters. The average molecular weight is 799 g/mol. The van der Waals surface area contributed by atoms with Crippen LogP contribution in [0.15, 0.2) is 218 Å². The Kier molecular flexibility index (Phi) is 9.02. The molecule has 0 aliphatic heterocycles. The molecule has 8 aromatic carbocycles. The van der Waals surface area contributed by atoms with Gasteiger partial charge in [-0.25, -0.2) is 0 Å². The molecule has 4 heteroatoms. The SMILES string of the molecule is [c-]1n(C(c2ccccc2)c2ccccc2)c2ccccc2[n+]1CC1C2c3ccccc3C(c3ccccc32)C1Cn1[c-][n+](C(c2ccccc2)c2ccccc2)c2ccccc21. The molecule has 0 saturated carbocycles. The van der Waals surface area contributed by atoms with Crippen LogP contribution in [0.4, 0.5) is 0 Å². The van der Waals surface area contributed by atoms with Gasteiger partial charge in [0, 0.05) is 45.7 Å². The normalized spacial score (nSPS) is 17.8. The first-order valence-corrected chi connectivity index (χ1v) is 22.0. The Morgan fingerprint density at radius 2 is 0.823 bits per heavy atom. The van der Waals surface area contributed by atoms with Crippen molar-refractivity contribution in [2.75, 3.05) is 0 Å². The third-order valence-electron chi connectivity index (χ3n) is 13.8. The Labute approximate surface area is 363 Å². The summed E-state index contributed by atoms with van der Waals surface area (Å²) >= 11 is 0. The van der Waals surface area contributed by atoms with Gasteiger partial charge in [0.2, 0.25) is 12.7 Å². The molecule has 2 atom stereocenters. The molecule has 2 heterocycles. The average Bonchev–Trinajstić information content (AvgIpc) is 3.88. The fourth-order valence-electron chi connectivity index (χ4n) is 11.3. The highest BCUT2D eigenvalue weighted by atomic mass is 15.2. The van der Waals surface area contributed by atoms with E-state index < -0.39 is 0 Å². The Morgan fingerprint density at radius 3 is 1.35 bits per heavy atom. The van der Waals surface area contributed by atoms with Crippen molar-refractivity contribution in [2.45, 2.75) is 37.0 Å². The minimum Gasteiger partial charge on any atom is -0.344 e. The number of hydrogen-bond donors (Lipinski definition) is 0. The summed E-state index contributed by atoms with van der Waals surface area (Å²) < 4.78 is 9.69. The van der Waals surface area contributed by atoms with E-state index in [0.29, 0.717) is 0 Å². The zero-order chi connectivity index (χ0) is 41.0. The van der Waals surface area contributed by atoms with Gasteiger partial charge >= 0.3 is 0 Å². The molecule has 0 amide bonds. The topological polar surface area (TPSA) is 17.6 Å². The molecule has 3 aliphatic carbocycles. The summed E-state index contributed by atoms with van der Waals surface area (Å²) in [6.07, 6.45) is 8.05. The Balaban J connectivity index is 1.03. The van der Waals surface area contributed by atoms with Crippen LogP contribution in [0.2, 0.25) is 0 Å². The van der Waals surface area contributed by atoms with Crippen molar-refractivity contribution in [3.05, 3.63) is 276 Å². The van der Waals surface area contributed by atoms with Gasteiger partial charge in [0.25, 0.3) is 0 Å². The van der Waals surface area contributed by atoms with E-state index in [1.54, 1.807) is 0 Å². The molecule has 0 spiro atoms. The monoisotopic (exact) mass is 798 g/mol. The first-order chi connectivity index (χ1) is 30.8. The van der Waals surface area contributed by atoms with Crippen LogP contribution in [-0.2, 0) is 13.1 Å². The first-order valence-electron chi connectivity index (χ1n) is 22.0. The molecule has 0 radical (unpaired) electrons. The van der Waals surface area contributed by atoms with Crippen LogP contribution in [0.3, 0.4) is 0 Å². The Morgan fingerprint density at radius 1 is 0.403 bits per heavy atom. The summed E-state index contributed by atoms with van der Waals surface area (Å²) in [5.41, 5.74) is 15.6. The standard InChI is InChI=1S/C58H46N4/c1-5-21-41(22-6-1)57(42-23-7-2-8-24-42)61-39-59(51-33-17-19-35-53(51)61)37-49-50(56-47-31-15-13-29-45(47)55(49)46-30-14-16-32-48(46)56)38-60-40-62(54-36-20-18-34-52(54)60)58(43-25-9-3-10-26-43)44-27-11-4-12-28-44/h1-36,49-50,55-58H,37-38H2. The highest BCUT2D eigenvalue weighted by Gasteiger charge is 2.51. The second-order valence-corrected chi connectivity index (χ2v) is 17.1. The molecule has 4 nitrogen and oxygen atoms in total. The molecular weight excluding hydrogens is 753 g/mol. The van der Waals surface area contributed by atoms with Crippen molar-refractivity contribution in [3.63, 3.8) is 0 Å². The van der Waals surface area contributed by atoms with E-state index in [-0.39, 0.29) is 35.8 Å². The van der Waals surface area contributed by atoms with Crippen LogP contribution < -0.4 is 9.13 Å². The lowest BCUT2D eigenvalue weighted by Crippen LogP contribution is -2.49. The minimum absolute atomic E-state index is 0.0259. The molecule has 62 heavy (non-hydrogen) atoms. The van der Waals surface area contributed by atoms with E-state index in [0.717, 1.165) is 13.1 Å². The van der Waals surface area contributed by atoms with Gasteiger partial charge in [0.15, 0.2) is 0 Å². The van der Waals surface area contributed by atoms with Crippen molar-refractivity contribution in [3.8, 4) is 0 Å². The van der Waals surface area contributed by atoms with Crippen molar-refractivity contribution in [2.24, 2.45) is 11.8 Å². The molecular formula is C58H46N4. The van der Waals surface area contributed by atoms with Crippen LogP contribution in [0, 0.1) is 24.5 Å². The van der Waals surface area contributed by atoms with E-state index in [2.05, 4.69) is 249 Å². The third-order valence-corrected chi connectivity index (χ3v) is 13.8. The number of aromatic nitrogens is 4. The Hall–Kier alpha value is -7.30. The van der Waals surface area contributed by atoms with E-state index in [1.807, 2.05) is 0 Å². The maximum atomic E-state index is 4.03. The number of benzene rings is 8. The van der Waals surface area contributed by atoms with Crippen LogP contribution in [-0.4, -0.2) is 9.13 Å². The molecule has 0 N–H and O–H groups in total. The predicted octanol–water partition coefficient (Wildman–Crippen LogP) is 11.3. The highest BCUT2D eigenvalue weighted by Crippen LogP contribution is 2.59. The summed E-state index contributed by atoms with van der Waals surface area (Å²) in [7, 11) is 0. The van der Waals surface area contributed by atoms with Gasteiger partial charge in [-0.2, -0.15) is 0 Å². The third kappa shape index (κ3) is 6.04. The molecule has 2 bridgehead atoms. The number of para-hydroxylation sites is 4. The van der Waals surface area contributed by atoms with E-state index in [4.69, 9.17) is 0 Å². The molecule has 3 aliphatic rings. The predicted molar refractivity (Wildman–Crippen MR) is 246 cm³/mol. The van der Waals surface area contributed by atoms with Crippen LogP contribution in [0.1, 0.15) is 68.4 Å². The number of fused-ring (bicyclic) bond motifs is 3. The van der Waals surface area contributed by atoms with Gasteiger partial charge in [0.05, 0.1) is 13.1 Å². The number of nitrogens with zero attached hydrogens (tertiary/aromatic N) is 4. The minimum atomic E-state index is -0.0259. The first kappa shape index (κ1) is 36.5. The van der Waals surface area contributed by atoms with Crippen LogP contribution >= 0.6 is 0 Å². The molecule has 10 aromatic rings. The fraction of sp³-hybridized carbons (Fsp3) is 0.138. The van der Waals surface area contributed by atoms with Crippen LogP contribution in [0.25, 0.3) is 22.1 Å². The quantitative estimate of drug-likeness (QED) is 0.0969. The molecule has 13 rings (SSSR count). The van der Waals surface area contributed by atoms with Gasteiger partial charge in [-0.05, 0) is 44.5 Å². The van der Waals surface area contributed by atoms with Crippen molar-refractivity contribution in [1.29, 1.82) is 0 Å². The summed E-state index contributed by atoms with van der Waals surface area (Å²) in [6.45, 7) is 1.66. The van der Waals surface area contributed by atoms with E-state index >= 15 is 0 Å². The number of imidazole rings is 2. The number of hydrogen-bond acceptors (Lipinski definition) is 0. The van der Waals surface area contributed by atoms with Gasteiger partial charge in [-0.1, -0.05) is 218 Å². The maximum absolute atomic E-state index is 4.03. The van der Waals surface area contributed by atoms with E-state index in [1.165, 1.54) is 66.6 Å². The molecule has 298 valence electrons. The van der Waals surface area contributed by atoms with Crippen molar-refractivity contribution < 1.29 is 9.13 Å². The largest absolute Gasteiger partial charge is 0.344 e. The molecule has 2 aromatic heterocycles. The smallest absolute Gasteiger partial charge is 0.205 e. The van der Waals surface area contributed by atoms with Crippen LogP contribution in [0.5, 0.6) is 0 Å². The number of rotatable bonds is 10. The summed E-state index contributed by atoms with van der Waals surface area (Å²) in [6, 6.07) is 80.0. The zero-order valence-corrected chi connectivity index (χ0v) is 34.5. The fourth-order valence-corrected chi connectivity index (χ4v) is 11.3. The van der Waals surface area contributed by atoms with Gasteiger partial charge in [0.1, 0.15) is 12.1 Å². The van der Waals surface area contributed by atoms with Gasteiger partial charge < -0.3 is 18.3 Å². The second-order valence-electron chi connectivity index (χ2n) is 17.1. The van der Waals surface area contributed by atoms with Gasteiger partial charge in [-0.3, -0.25) is 0 Å². The summed E-state index contributed by atoms with van der Waals surface area (Å²) in [5, 5.41) is 0. The maximum Gasteiger partial charge on any atom is 0.205 e. The van der Waals surface area contributed by atoms with Crippen molar-refractivity contribution >= 4 is 22.1 Å². The summed E-state index contributed by atoms with van der Waals surface area (Å²) in [4.78, 5) is 0. The van der Waals surface area contributed by atoms with E-state index in [9.17, 15) is 0 Å². The second kappa shape index (κ2) is 15.3. The highest BCUT2D eigenvalue weighted by molar-refractivity contribution is 5.73. The lowest BCUT2D eigenvalue weighted by Gasteiger charge is -2.50. The summed E-state index contributed by atoms with van der Waals surface area (Å²) in [5.74, 6) is 1.02. The van der Waals surface area contributed by atoms with Gasteiger partial charge in [-0.15, -0.1) is 0 Å². The molecule has 0 saturated heterocycles. The lowest BCUT2D eigenvalue weighted by atomic mass is 9.54.